The van der Waals surface area contributed by atoms with Gasteiger partial charge in [0.25, 0.3) is 0 Å². The summed E-state index contributed by atoms with van der Waals surface area (Å²) in [7, 11) is 0. The van der Waals surface area contributed by atoms with Crippen LogP contribution in [0.15, 0.2) is 67.3 Å². The zero-order chi connectivity index (χ0) is 11.1. The summed E-state index contributed by atoms with van der Waals surface area (Å²) in [4.78, 5) is 0. The molecule has 1 unspecified atom stereocenters. The Balaban J connectivity index is 3.03. The second-order valence-corrected chi connectivity index (χ2v) is 3.31. The highest BCUT2D eigenvalue weighted by molar-refractivity contribution is 5.36. The standard InChI is InChI=1S/C14H17N/c1-3-8-12(4-2)14(11-15)13-9-6-5-7-10-13/h3-10,14H,1-2,11,15H2/b12-8+. The second-order valence-electron chi connectivity index (χ2n) is 3.31. The second kappa shape index (κ2) is 5.99. The summed E-state index contributed by atoms with van der Waals surface area (Å²) < 4.78 is 0. The van der Waals surface area contributed by atoms with Crippen LogP contribution in [0.4, 0.5) is 0 Å². The molecule has 0 aliphatic heterocycles. The number of hydrogen-bond acceptors (Lipinski definition) is 1. The van der Waals surface area contributed by atoms with Crippen molar-refractivity contribution < 1.29 is 0 Å². The van der Waals surface area contributed by atoms with Gasteiger partial charge in [-0.15, -0.1) is 0 Å². The highest BCUT2D eigenvalue weighted by Crippen LogP contribution is 2.23. The van der Waals surface area contributed by atoms with E-state index in [1.807, 2.05) is 30.4 Å². The smallest absolute Gasteiger partial charge is 0.0212 e. The van der Waals surface area contributed by atoms with Crippen molar-refractivity contribution in [3.63, 3.8) is 0 Å². The van der Waals surface area contributed by atoms with Crippen LogP contribution >= 0.6 is 0 Å². The third-order valence-electron chi connectivity index (χ3n) is 2.39. The Bertz CT molecular complexity index is 349. The van der Waals surface area contributed by atoms with Gasteiger partial charge >= 0.3 is 0 Å². The number of allylic oxidation sites excluding steroid dienone is 3. The molecule has 1 nitrogen and oxygen atoms in total. The Morgan fingerprint density at radius 1 is 1.27 bits per heavy atom. The molecule has 0 aliphatic carbocycles. The van der Waals surface area contributed by atoms with Gasteiger partial charge in [0.15, 0.2) is 0 Å². The van der Waals surface area contributed by atoms with Crippen molar-refractivity contribution in [2.75, 3.05) is 6.54 Å². The normalized spacial score (nSPS) is 13.3. The fourth-order valence-electron chi connectivity index (χ4n) is 1.61. The van der Waals surface area contributed by atoms with Gasteiger partial charge in [0, 0.05) is 12.5 Å². The lowest BCUT2D eigenvalue weighted by Gasteiger charge is -2.16. The predicted molar refractivity (Wildman–Crippen MR) is 66.7 cm³/mol. The van der Waals surface area contributed by atoms with E-state index in [2.05, 4.69) is 25.3 Å². The molecule has 0 heterocycles. The van der Waals surface area contributed by atoms with Crippen LogP contribution in [0.3, 0.4) is 0 Å². The fourth-order valence-corrected chi connectivity index (χ4v) is 1.61. The maximum Gasteiger partial charge on any atom is 0.0212 e. The van der Waals surface area contributed by atoms with Gasteiger partial charge in [-0.25, -0.2) is 0 Å². The van der Waals surface area contributed by atoms with Gasteiger partial charge in [0.1, 0.15) is 0 Å². The highest BCUT2D eigenvalue weighted by Gasteiger charge is 2.11. The molecule has 0 saturated carbocycles. The van der Waals surface area contributed by atoms with Crippen molar-refractivity contribution in [1.82, 2.24) is 0 Å². The van der Waals surface area contributed by atoms with Crippen molar-refractivity contribution in [2.45, 2.75) is 5.92 Å². The van der Waals surface area contributed by atoms with Gasteiger partial charge in [0.2, 0.25) is 0 Å². The van der Waals surface area contributed by atoms with E-state index in [4.69, 9.17) is 5.73 Å². The first kappa shape index (κ1) is 11.5. The van der Waals surface area contributed by atoms with Crippen molar-refractivity contribution in [1.29, 1.82) is 0 Å². The van der Waals surface area contributed by atoms with Crippen LogP contribution in [0.5, 0.6) is 0 Å². The van der Waals surface area contributed by atoms with Crippen LogP contribution in [0.2, 0.25) is 0 Å². The summed E-state index contributed by atoms with van der Waals surface area (Å²) in [6.07, 6.45) is 5.56. The molecule has 0 aliphatic rings. The highest BCUT2D eigenvalue weighted by atomic mass is 14.5. The first-order valence-corrected chi connectivity index (χ1v) is 5.03. The topological polar surface area (TPSA) is 26.0 Å². The van der Waals surface area contributed by atoms with Gasteiger partial charge in [-0.3, -0.25) is 0 Å². The molecule has 0 aromatic heterocycles. The molecule has 1 atom stereocenters. The van der Waals surface area contributed by atoms with Gasteiger partial charge in [0.05, 0.1) is 0 Å². The van der Waals surface area contributed by atoms with Crippen LogP contribution < -0.4 is 5.73 Å². The van der Waals surface area contributed by atoms with Crippen LogP contribution in [0.1, 0.15) is 11.5 Å². The minimum atomic E-state index is 0.210. The fraction of sp³-hybridized carbons (Fsp3) is 0.143. The summed E-state index contributed by atoms with van der Waals surface area (Å²) in [5.41, 5.74) is 8.11. The van der Waals surface area contributed by atoms with E-state index < -0.39 is 0 Å². The van der Waals surface area contributed by atoms with Crippen LogP contribution in [-0.2, 0) is 0 Å². The largest absolute Gasteiger partial charge is 0.330 e. The molecule has 0 saturated heterocycles. The lowest BCUT2D eigenvalue weighted by atomic mass is 9.91. The maximum absolute atomic E-state index is 5.79. The average molecular weight is 199 g/mol. The minimum Gasteiger partial charge on any atom is -0.330 e. The van der Waals surface area contributed by atoms with Crippen molar-refractivity contribution >= 4 is 0 Å². The molecule has 0 radical (unpaired) electrons. The van der Waals surface area contributed by atoms with Crippen LogP contribution in [-0.4, -0.2) is 6.54 Å². The molecular weight excluding hydrogens is 182 g/mol. The molecule has 0 spiro atoms. The number of nitrogens with two attached hydrogens (primary N) is 1. The molecular formula is C14H17N. The summed E-state index contributed by atoms with van der Waals surface area (Å²) >= 11 is 0. The number of hydrogen-bond donors (Lipinski definition) is 1. The summed E-state index contributed by atoms with van der Waals surface area (Å²) in [6.45, 7) is 8.08. The van der Waals surface area contributed by atoms with Gasteiger partial charge in [-0.1, -0.05) is 61.7 Å². The van der Waals surface area contributed by atoms with Crippen LogP contribution in [0, 0.1) is 0 Å². The Labute approximate surface area is 91.6 Å². The quantitative estimate of drug-likeness (QED) is 0.725. The zero-order valence-electron chi connectivity index (χ0n) is 8.89. The van der Waals surface area contributed by atoms with Gasteiger partial charge in [-0.2, -0.15) is 0 Å². The minimum absolute atomic E-state index is 0.210. The third-order valence-corrected chi connectivity index (χ3v) is 2.39. The average Bonchev–Trinajstić information content (AvgIpc) is 2.30. The summed E-state index contributed by atoms with van der Waals surface area (Å²) in [6, 6.07) is 10.2. The van der Waals surface area contributed by atoms with Crippen LogP contribution in [0.25, 0.3) is 0 Å². The maximum atomic E-state index is 5.79. The van der Waals surface area contributed by atoms with E-state index in [-0.39, 0.29) is 5.92 Å². The lowest BCUT2D eigenvalue weighted by Crippen LogP contribution is -2.13. The van der Waals surface area contributed by atoms with E-state index in [9.17, 15) is 0 Å². The lowest BCUT2D eigenvalue weighted by molar-refractivity contribution is 0.818. The monoisotopic (exact) mass is 199 g/mol. The van der Waals surface area contributed by atoms with E-state index in [1.165, 1.54) is 5.56 Å². The zero-order valence-corrected chi connectivity index (χ0v) is 8.89. The molecule has 0 fully saturated rings. The van der Waals surface area contributed by atoms with Gasteiger partial charge in [-0.05, 0) is 11.1 Å². The third kappa shape index (κ3) is 2.93. The van der Waals surface area contributed by atoms with E-state index >= 15 is 0 Å². The molecule has 1 heteroatoms. The number of rotatable bonds is 5. The Morgan fingerprint density at radius 2 is 1.93 bits per heavy atom. The van der Waals surface area contributed by atoms with Crippen molar-refractivity contribution in [2.24, 2.45) is 5.73 Å². The molecule has 1 aromatic carbocycles. The SMILES string of the molecule is C=C/C=C(\C=C)C(CN)c1ccccc1. The first-order chi connectivity index (χ1) is 7.33. The number of benzene rings is 1. The first-order valence-electron chi connectivity index (χ1n) is 5.03. The summed E-state index contributed by atoms with van der Waals surface area (Å²) in [5.74, 6) is 0.210. The van der Waals surface area contributed by atoms with E-state index in [1.54, 1.807) is 6.08 Å². The van der Waals surface area contributed by atoms with E-state index in [0.29, 0.717) is 6.54 Å². The van der Waals surface area contributed by atoms with Crippen molar-refractivity contribution in [3.05, 3.63) is 72.9 Å². The van der Waals surface area contributed by atoms with Crippen molar-refractivity contribution in [3.8, 4) is 0 Å². The predicted octanol–water partition coefficient (Wildman–Crippen LogP) is 3.03. The molecule has 1 aromatic rings. The Morgan fingerprint density at radius 3 is 2.40 bits per heavy atom. The molecule has 0 amide bonds. The Kier molecular flexibility index (Phi) is 4.58. The van der Waals surface area contributed by atoms with E-state index in [0.717, 1.165) is 5.57 Å². The molecule has 0 bridgehead atoms. The molecule has 2 N–H and O–H groups in total. The summed E-state index contributed by atoms with van der Waals surface area (Å²) in [5, 5.41) is 0. The molecule has 78 valence electrons. The van der Waals surface area contributed by atoms with Gasteiger partial charge < -0.3 is 5.73 Å². The Hall–Kier alpha value is -1.60. The molecule has 1 rings (SSSR count). The molecule has 15 heavy (non-hydrogen) atoms.